The van der Waals surface area contributed by atoms with E-state index in [2.05, 4.69) is 49.5 Å². The zero-order valence-corrected chi connectivity index (χ0v) is 17.9. The summed E-state index contributed by atoms with van der Waals surface area (Å²) >= 11 is 1.68. The van der Waals surface area contributed by atoms with E-state index in [1.807, 2.05) is 23.2 Å². The van der Waals surface area contributed by atoms with Gasteiger partial charge in [0.25, 0.3) is 5.56 Å². The van der Waals surface area contributed by atoms with Crippen LogP contribution in [0.15, 0.2) is 64.5 Å². The van der Waals surface area contributed by atoms with Crippen molar-refractivity contribution in [3.05, 3.63) is 70.0 Å². The zero-order chi connectivity index (χ0) is 20.3. The number of imidazole rings is 1. The second-order valence-corrected chi connectivity index (χ2v) is 8.78. The molecule has 0 saturated carbocycles. The lowest BCUT2D eigenvalue weighted by Crippen LogP contribution is -2.31. The largest absolute Gasteiger partial charge is 0.315 e. The second kappa shape index (κ2) is 8.58. The van der Waals surface area contributed by atoms with Crippen LogP contribution in [0.5, 0.6) is 0 Å². The number of likely N-dealkylation sites (tertiary alicyclic amines) is 1. The Labute approximate surface area is 180 Å². The number of pyridine rings is 1. The second-order valence-electron chi connectivity index (χ2n) is 8.00. The number of benzene rings is 1. The van der Waals surface area contributed by atoms with Gasteiger partial charge >= 0.3 is 0 Å². The lowest BCUT2D eigenvalue weighted by molar-refractivity contribution is 0.222. The van der Waals surface area contributed by atoms with E-state index in [1.54, 1.807) is 17.4 Å². The number of aryl methyl sites for hydroxylation is 1. The van der Waals surface area contributed by atoms with E-state index in [0.29, 0.717) is 0 Å². The highest BCUT2D eigenvalue weighted by molar-refractivity contribution is 7.08. The predicted octanol–water partition coefficient (Wildman–Crippen LogP) is 4.79. The van der Waals surface area contributed by atoms with Crippen molar-refractivity contribution in [3.8, 4) is 16.8 Å². The minimum atomic E-state index is 0.0696. The van der Waals surface area contributed by atoms with E-state index < -0.39 is 0 Å². The molecule has 5 nitrogen and oxygen atoms in total. The quantitative estimate of drug-likeness (QED) is 0.452. The van der Waals surface area contributed by atoms with Gasteiger partial charge in [-0.2, -0.15) is 11.3 Å². The third-order valence-corrected chi connectivity index (χ3v) is 6.64. The lowest BCUT2D eigenvalue weighted by Gasteiger charge is -2.26. The maximum absolute atomic E-state index is 12.4. The van der Waals surface area contributed by atoms with Crippen molar-refractivity contribution in [2.45, 2.75) is 32.2 Å². The van der Waals surface area contributed by atoms with E-state index in [-0.39, 0.29) is 5.56 Å². The summed E-state index contributed by atoms with van der Waals surface area (Å²) in [6.07, 6.45) is 8.84. The van der Waals surface area contributed by atoms with Gasteiger partial charge in [-0.25, -0.2) is 4.98 Å². The number of thiophene rings is 1. The standard InChI is InChI=1S/C24H26N4OS/c29-24-8-6-20(16-27(24)13-4-12-26-10-2-1-3-11-26)19-5-7-23-22(15-19)25-18-28(23)21-9-14-30-17-21/h5-9,14-18H,1-4,10-13H2. The van der Waals surface area contributed by atoms with Crippen LogP contribution >= 0.6 is 11.3 Å². The van der Waals surface area contributed by atoms with Crippen molar-refractivity contribution in [2.24, 2.45) is 0 Å². The molecule has 0 aliphatic carbocycles. The van der Waals surface area contributed by atoms with E-state index in [4.69, 9.17) is 0 Å². The summed E-state index contributed by atoms with van der Waals surface area (Å²) in [5, 5.41) is 4.19. The number of nitrogens with zero attached hydrogens (tertiary/aromatic N) is 4. The Morgan fingerprint density at radius 1 is 0.967 bits per heavy atom. The molecule has 1 fully saturated rings. The third kappa shape index (κ3) is 3.98. The molecule has 1 aliphatic rings. The van der Waals surface area contributed by atoms with Gasteiger partial charge in [-0.1, -0.05) is 12.5 Å². The van der Waals surface area contributed by atoms with Gasteiger partial charge in [-0.3, -0.25) is 9.36 Å². The van der Waals surface area contributed by atoms with E-state index >= 15 is 0 Å². The van der Waals surface area contributed by atoms with Gasteiger partial charge < -0.3 is 9.47 Å². The zero-order valence-electron chi connectivity index (χ0n) is 17.0. The van der Waals surface area contributed by atoms with Gasteiger partial charge in [0.2, 0.25) is 0 Å². The highest BCUT2D eigenvalue weighted by Crippen LogP contribution is 2.25. The van der Waals surface area contributed by atoms with Gasteiger partial charge in [0.1, 0.15) is 6.33 Å². The van der Waals surface area contributed by atoms with E-state index in [9.17, 15) is 4.79 Å². The summed E-state index contributed by atoms with van der Waals surface area (Å²) < 4.78 is 3.96. The molecule has 0 amide bonds. The molecule has 1 aliphatic heterocycles. The smallest absolute Gasteiger partial charge is 0.250 e. The molecule has 0 unspecified atom stereocenters. The number of fused-ring (bicyclic) bond motifs is 1. The molecule has 30 heavy (non-hydrogen) atoms. The van der Waals surface area contributed by atoms with Gasteiger partial charge in [-0.05, 0) is 79.7 Å². The summed E-state index contributed by atoms with van der Waals surface area (Å²) in [6, 6.07) is 12.0. The number of aromatic nitrogens is 3. The summed E-state index contributed by atoms with van der Waals surface area (Å²) in [5.74, 6) is 0. The van der Waals surface area contributed by atoms with Crippen LogP contribution in [-0.4, -0.2) is 38.7 Å². The molecule has 154 valence electrons. The van der Waals surface area contributed by atoms with Crippen molar-refractivity contribution in [1.82, 2.24) is 19.0 Å². The SMILES string of the molecule is O=c1ccc(-c2ccc3c(c2)ncn3-c2ccsc2)cn1CCCN1CCCCC1. The monoisotopic (exact) mass is 418 g/mol. The van der Waals surface area contributed by atoms with Crippen molar-refractivity contribution in [1.29, 1.82) is 0 Å². The molecule has 1 saturated heterocycles. The molecular formula is C24H26N4OS. The first-order chi connectivity index (χ1) is 14.8. The number of hydrogen-bond acceptors (Lipinski definition) is 4. The van der Waals surface area contributed by atoms with Crippen LogP contribution in [0.3, 0.4) is 0 Å². The molecule has 0 radical (unpaired) electrons. The fourth-order valence-corrected chi connectivity index (χ4v) is 4.94. The summed E-state index contributed by atoms with van der Waals surface area (Å²) in [4.78, 5) is 19.5. The van der Waals surface area contributed by atoms with Crippen LogP contribution in [0.25, 0.3) is 27.8 Å². The number of hydrogen-bond donors (Lipinski definition) is 0. The van der Waals surface area contributed by atoms with Crippen molar-refractivity contribution in [3.63, 3.8) is 0 Å². The Hall–Kier alpha value is -2.70. The summed E-state index contributed by atoms with van der Waals surface area (Å²) in [6.45, 7) is 4.24. The highest BCUT2D eigenvalue weighted by Gasteiger charge is 2.10. The Morgan fingerprint density at radius 2 is 1.83 bits per heavy atom. The average molecular weight is 419 g/mol. The Kier molecular flexibility index (Phi) is 5.51. The van der Waals surface area contributed by atoms with Crippen LogP contribution in [0.1, 0.15) is 25.7 Å². The van der Waals surface area contributed by atoms with Crippen molar-refractivity contribution >= 4 is 22.4 Å². The first kappa shape index (κ1) is 19.3. The topological polar surface area (TPSA) is 43.1 Å². The average Bonchev–Trinajstić information content (AvgIpc) is 3.45. The lowest BCUT2D eigenvalue weighted by atomic mass is 10.1. The van der Waals surface area contributed by atoms with Crippen LogP contribution < -0.4 is 5.56 Å². The molecule has 4 aromatic rings. The molecule has 0 N–H and O–H groups in total. The van der Waals surface area contributed by atoms with Gasteiger partial charge in [0.05, 0.1) is 16.7 Å². The molecular weight excluding hydrogens is 392 g/mol. The molecule has 0 bridgehead atoms. The molecule has 4 heterocycles. The molecule has 5 rings (SSSR count). The minimum Gasteiger partial charge on any atom is -0.315 e. The van der Waals surface area contributed by atoms with Gasteiger partial charge in [0, 0.05) is 24.2 Å². The summed E-state index contributed by atoms with van der Waals surface area (Å²) in [5.41, 5.74) is 5.40. The predicted molar refractivity (Wildman–Crippen MR) is 124 cm³/mol. The van der Waals surface area contributed by atoms with Gasteiger partial charge in [0.15, 0.2) is 0 Å². The van der Waals surface area contributed by atoms with Gasteiger partial charge in [-0.15, -0.1) is 0 Å². The number of rotatable bonds is 6. The van der Waals surface area contributed by atoms with Crippen molar-refractivity contribution < 1.29 is 0 Å². The van der Waals surface area contributed by atoms with E-state index in [0.717, 1.165) is 47.4 Å². The molecule has 0 atom stereocenters. The van der Waals surface area contributed by atoms with Crippen molar-refractivity contribution in [2.75, 3.05) is 19.6 Å². The van der Waals surface area contributed by atoms with Crippen LogP contribution in [0.4, 0.5) is 0 Å². The van der Waals surface area contributed by atoms with E-state index in [1.165, 1.54) is 32.4 Å². The van der Waals surface area contributed by atoms with Crippen LogP contribution in [-0.2, 0) is 6.54 Å². The first-order valence-electron chi connectivity index (χ1n) is 10.7. The normalized spacial score (nSPS) is 15.1. The summed E-state index contributed by atoms with van der Waals surface area (Å²) in [7, 11) is 0. The van der Waals surface area contributed by atoms with Crippen LogP contribution in [0.2, 0.25) is 0 Å². The molecule has 0 spiro atoms. The Balaban J connectivity index is 1.35. The fourth-order valence-electron chi connectivity index (χ4n) is 4.32. The fraction of sp³-hybridized carbons (Fsp3) is 0.333. The van der Waals surface area contributed by atoms with Crippen LogP contribution in [0, 0.1) is 0 Å². The highest BCUT2D eigenvalue weighted by atomic mass is 32.1. The first-order valence-corrected chi connectivity index (χ1v) is 11.7. The molecule has 6 heteroatoms. The maximum atomic E-state index is 12.4. The third-order valence-electron chi connectivity index (χ3n) is 5.97. The maximum Gasteiger partial charge on any atom is 0.250 e. The molecule has 3 aromatic heterocycles. The Morgan fingerprint density at radius 3 is 2.67 bits per heavy atom. The molecule has 1 aromatic carbocycles. The Bertz CT molecular complexity index is 1190. The minimum absolute atomic E-state index is 0.0696. The number of piperidine rings is 1.